The maximum absolute atomic E-state index is 5.37. The summed E-state index contributed by atoms with van der Waals surface area (Å²) < 4.78 is 0. The van der Waals surface area contributed by atoms with Gasteiger partial charge < -0.3 is 5.73 Å². The minimum absolute atomic E-state index is 0.437. The number of rotatable bonds is 0. The monoisotopic (exact) mass is 159 g/mol. The van der Waals surface area contributed by atoms with Gasteiger partial charge in [0.25, 0.3) is 0 Å². The molecule has 1 saturated carbocycles. The predicted octanol–water partition coefficient (Wildman–Crippen LogP) is 0.820. The van der Waals surface area contributed by atoms with Crippen LogP contribution in [-0.2, 0) is 0 Å². The second-order valence-corrected chi connectivity index (χ2v) is 2.89. The van der Waals surface area contributed by atoms with Gasteiger partial charge in [0.2, 0.25) is 0 Å². The molecule has 60 valence electrons. The summed E-state index contributed by atoms with van der Waals surface area (Å²) in [6, 6.07) is 3.50. The first-order valence-electron chi connectivity index (χ1n) is 3.95. The Labute approximate surface area is 71.0 Å². The minimum Gasteiger partial charge on any atom is -0.382 e. The van der Waals surface area contributed by atoms with Crippen LogP contribution in [0.25, 0.3) is 0 Å². The van der Waals surface area contributed by atoms with Crippen LogP contribution in [-0.4, -0.2) is 10.2 Å². The molecule has 0 aromatic carbocycles. The van der Waals surface area contributed by atoms with Crippen molar-refractivity contribution in [3.05, 3.63) is 17.8 Å². The van der Waals surface area contributed by atoms with E-state index in [2.05, 4.69) is 22.0 Å². The number of nitrogens with zero attached hydrogens (tertiary/aromatic N) is 2. The SMILES string of the molecule is Nc1ccc(C#CC2CC2)nn1. The molecule has 3 heteroatoms. The van der Waals surface area contributed by atoms with Crippen molar-refractivity contribution in [2.75, 3.05) is 5.73 Å². The fourth-order valence-corrected chi connectivity index (χ4v) is 0.813. The van der Waals surface area contributed by atoms with Gasteiger partial charge in [-0.2, -0.15) is 0 Å². The lowest BCUT2D eigenvalue weighted by Crippen LogP contribution is -1.93. The number of hydrogen-bond acceptors (Lipinski definition) is 3. The highest BCUT2D eigenvalue weighted by atomic mass is 15.1. The standard InChI is InChI=1S/C9H9N3/c10-9-6-5-8(11-12-9)4-3-7-1-2-7/h5-7H,1-2H2,(H2,10,12). The molecule has 0 radical (unpaired) electrons. The van der Waals surface area contributed by atoms with Crippen molar-refractivity contribution in [2.24, 2.45) is 5.92 Å². The first-order valence-corrected chi connectivity index (χ1v) is 3.95. The zero-order valence-corrected chi connectivity index (χ0v) is 6.62. The Balaban J connectivity index is 2.13. The summed E-state index contributed by atoms with van der Waals surface area (Å²) in [5, 5.41) is 7.53. The fourth-order valence-electron chi connectivity index (χ4n) is 0.813. The Kier molecular flexibility index (Phi) is 1.67. The van der Waals surface area contributed by atoms with E-state index in [0.717, 1.165) is 0 Å². The molecule has 2 rings (SSSR count). The fraction of sp³-hybridized carbons (Fsp3) is 0.333. The molecule has 0 spiro atoms. The Hall–Kier alpha value is -1.56. The molecule has 1 aromatic heterocycles. The summed E-state index contributed by atoms with van der Waals surface area (Å²) in [4.78, 5) is 0. The average Bonchev–Trinajstić information content (AvgIpc) is 2.87. The van der Waals surface area contributed by atoms with Gasteiger partial charge >= 0.3 is 0 Å². The smallest absolute Gasteiger partial charge is 0.146 e. The van der Waals surface area contributed by atoms with Crippen LogP contribution in [0.2, 0.25) is 0 Å². The quantitative estimate of drug-likeness (QED) is 0.570. The first kappa shape index (κ1) is 7.11. The third kappa shape index (κ3) is 1.73. The molecule has 1 heterocycles. The normalized spacial score (nSPS) is 15.0. The van der Waals surface area contributed by atoms with E-state index in [1.165, 1.54) is 12.8 Å². The zero-order chi connectivity index (χ0) is 8.39. The molecule has 0 saturated heterocycles. The van der Waals surface area contributed by atoms with Crippen molar-refractivity contribution in [3.63, 3.8) is 0 Å². The van der Waals surface area contributed by atoms with Gasteiger partial charge in [-0.25, -0.2) is 0 Å². The lowest BCUT2D eigenvalue weighted by molar-refractivity contribution is 1.02. The largest absolute Gasteiger partial charge is 0.382 e. The Morgan fingerprint density at radius 2 is 2.17 bits per heavy atom. The van der Waals surface area contributed by atoms with Gasteiger partial charge in [0.1, 0.15) is 11.5 Å². The maximum atomic E-state index is 5.37. The minimum atomic E-state index is 0.437. The van der Waals surface area contributed by atoms with E-state index in [9.17, 15) is 0 Å². The summed E-state index contributed by atoms with van der Waals surface area (Å²) in [6.45, 7) is 0. The van der Waals surface area contributed by atoms with Gasteiger partial charge in [0, 0.05) is 5.92 Å². The van der Waals surface area contributed by atoms with Gasteiger partial charge in [-0.05, 0) is 30.9 Å². The summed E-state index contributed by atoms with van der Waals surface area (Å²) in [5.74, 6) is 7.09. The molecular weight excluding hydrogens is 150 g/mol. The van der Waals surface area contributed by atoms with E-state index in [4.69, 9.17) is 5.73 Å². The van der Waals surface area contributed by atoms with Gasteiger partial charge in [-0.3, -0.25) is 0 Å². The number of hydrogen-bond donors (Lipinski definition) is 1. The Bertz CT molecular complexity index is 327. The van der Waals surface area contributed by atoms with Crippen molar-refractivity contribution >= 4 is 5.82 Å². The van der Waals surface area contributed by atoms with Crippen molar-refractivity contribution in [1.82, 2.24) is 10.2 Å². The van der Waals surface area contributed by atoms with Gasteiger partial charge in [0.05, 0.1) is 0 Å². The second kappa shape index (κ2) is 2.82. The van der Waals surface area contributed by atoms with Crippen molar-refractivity contribution in [3.8, 4) is 11.8 Å². The average molecular weight is 159 g/mol. The van der Waals surface area contributed by atoms with E-state index < -0.39 is 0 Å². The summed E-state index contributed by atoms with van der Waals surface area (Å²) in [7, 11) is 0. The van der Waals surface area contributed by atoms with Crippen LogP contribution in [0, 0.1) is 17.8 Å². The molecule has 0 bridgehead atoms. The number of nitrogens with two attached hydrogens (primary N) is 1. The molecule has 0 atom stereocenters. The van der Waals surface area contributed by atoms with E-state index in [0.29, 0.717) is 17.4 Å². The number of nitrogen functional groups attached to an aromatic ring is 1. The lowest BCUT2D eigenvalue weighted by atomic mass is 10.3. The van der Waals surface area contributed by atoms with Crippen LogP contribution >= 0.6 is 0 Å². The predicted molar refractivity (Wildman–Crippen MR) is 46.0 cm³/mol. The van der Waals surface area contributed by atoms with Gasteiger partial charge in [-0.15, -0.1) is 10.2 Å². The molecule has 1 aliphatic rings. The molecule has 1 aromatic rings. The van der Waals surface area contributed by atoms with Gasteiger partial charge in [-0.1, -0.05) is 5.92 Å². The highest BCUT2D eigenvalue weighted by Gasteiger charge is 2.17. The highest BCUT2D eigenvalue weighted by molar-refractivity contribution is 5.33. The topological polar surface area (TPSA) is 51.8 Å². The highest BCUT2D eigenvalue weighted by Crippen LogP contribution is 2.27. The van der Waals surface area contributed by atoms with Crippen molar-refractivity contribution < 1.29 is 0 Å². The molecule has 0 amide bonds. The summed E-state index contributed by atoms with van der Waals surface area (Å²) in [5.41, 5.74) is 6.08. The van der Waals surface area contributed by atoms with Crippen molar-refractivity contribution in [1.29, 1.82) is 0 Å². The van der Waals surface area contributed by atoms with Crippen LogP contribution < -0.4 is 5.73 Å². The molecule has 3 nitrogen and oxygen atoms in total. The molecule has 1 aliphatic carbocycles. The van der Waals surface area contributed by atoms with Crippen LogP contribution in [0.5, 0.6) is 0 Å². The van der Waals surface area contributed by atoms with Gasteiger partial charge in [0.15, 0.2) is 0 Å². The van der Waals surface area contributed by atoms with E-state index >= 15 is 0 Å². The molecule has 0 unspecified atom stereocenters. The molecular formula is C9H9N3. The van der Waals surface area contributed by atoms with Crippen LogP contribution in [0.15, 0.2) is 12.1 Å². The van der Waals surface area contributed by atoms with E-state index in [-0.39, 0.29) is 0 Å². The van der Waals surface area contributed by atoms with Crippen molar-refractivity contribution in [2.45, 2.75) is 12.8 Å². The van der Waals surface area contributed by atoms with Crippen LogP contribution in [0.1, 0.15) is 18.5 Å². The lowest BCUT2D eigenvalue weighted by Gasteiger charge is -1.88. The Morgan fingerprint density at radius 3 is 2.75 bits per heavy atom. The van der Waals surface area contributed by atoms with Crippen LogP contribution in [0.4, 0.5) is 5.82 Å². The third-order valence-electron chi connectivity index (χ3n) is 1.67. The molecule has 12 heavy (non-hydrogen) atoms. The second-order valence-electron chi connectivity index (χ2n) is 2.89. The number of aromatic nitrogens is 2. The maximum Gasteiger partial charge on any atom is 0.146 e. The summed E-state index contributed by atoms with van der Waals surface area (Å²) >= 11 is 0. The first-order chi connectivity index (χ1) is 5.84. The molecule has 1 fully saturated rings. The molecule has 0 aliphatic heterocycles. The Morgan fingerprint density at radius 1 is 1.33 bits per heavy atom. The van der Waals surface area contributed by atoms with E-state index in [1.807, 2.05) is 0 Å². The summed E-state index contributed by atoms with van der Waals surface area (Å²) in [6.07, 6.45) is 2.46. The number of anilines is 1. The molecule has 2 N–H and O–H groups in total. The zero-order valence-electron chi connectivity index (χ0n) is 6.62. The van der Waals surface area contributed by atoms with Crippen LogP contribution in [0.3, 0.4) is 0 Å². The third-order valence-corrected chi connectivity index (χ3v) is 1.67. The van der Waals surface area contributed by atoms with E-state index in [1.54, 1.807) is 12.1 Å².